The zero-order chi connectivity index (χ0) is 14.3. The maximum Gasteiger partial charge on any atom is 0.372 e. The molecule has 20 heavy (non-hydrogen) atoms. The second kappa shape index (κ2) is 4.86. The van der Waals surface area contributed by atoms with Crippen LogP contribution in [0.2, 0.25) is 0 Å². The average Bonchev–Trinajstić information content (AvgIpc) is 3.00. The fourth-order valence-corrected chi connectivity index (χ4v) is 3.30. The highest BCUT2D eigenvalue weighted by atomic mass is 16.6. The van der Waals surface area contributed by atoms with Crippen LogP contribution in [0.1, 0.15) is 12.8 Å². The number of nitrogens with zero attached hydrogens (tertiary/aromatic N) is 4. The maximum absolute atomic E-state index is 11.2. The third-order valence-corrected chi connectivity index (χ3v) is 4.26. The van der Waals surface area contributed by atoms with Crippen LogP contribution in [0.5, 0.6) is 5.88 Å². The van der Waals surface area contributed by atoms with E-state index in [1.807, 2.05) is 4.90 Å². The van der Waals surface area contributed by atoms with E-state index >= 15 is 0 Å². The van der Waals surface area contributed by atoms with Crippen LogP contribution in [0.4, 0.5) is 11.5 Å². The van der Waals surface area contributed by atoms with E-state index in [1.165, 1.54) is 13.4 Å². The summed E-state index contributed by atoms with van der Waals surface area (Å²) in [5.41, 5.74) is -0.204. The van der Waals surface area contributed by atoms with E-state index in [0.29, 0.717) is 19.0 Å². The molecule has 1 aromatic heterocycles. The van der Waals surface area contributed by atoms with Crippen molar-refractivity contribution in [3.63, 3.8) is 0 Å². The number of methoxy groups -OCH3 is 1. The minimum atomic E-state index is -0.515. The lowest BCUT2D eigenvalue weighted by Crippen LogP contribution is -2.26. The van der Waals surface area contributed by atoms with Gasteiger partial charge in [0.15, 0.2) is 0 Å². The molecule has 3 unspecified atom stereocenters. The smallest absolute Gasteiger partial charge is 0.372 e. The molecule has 8 heteroatoms. The molecule has 108 valence electrons. The molecule has 2 aliphatic rings. The standard InChI is InChI=1S/C12H16N4O4/c1-20-12-10(16(18)19)11(13-6-14-12)15-4-7-2-3-9(17)8(7)5-15/h6-9,17H,2-5H2,1H3. The Balaban J connectivity index is 1.93. The van der Waals surface area contributed by atoms with Crippen LogP contribution in [0.3, 0.4) is 0 Å². The van der Waals surface area contributed by atoms with Gasteiger partial charge in [-0.1, -0.05) is 0 Å². The highest BCUT2D eigenvalue weighted by Gasteiger charge is 2.44. The third kappa shape index (κ3) is 1.96. The quantitative estimate of drug-likeness (QED) is 0.639. The van der Waals surface area contributed by atoms with Gasteiger partial charge in [0.2, 0.25) is 5.82 Å². The fourth-order valence-electron chi connectivity index (χ4n) is 3.30. The highest BCUT2D eigenvalue weighted by Crippen LogP contribution is 2.42. The SMILES string of the molecule is COc1ncnc(N2CC3CCC(O)C3C2)c1[N+](=O)[O-]. The molecule has 3 rings (SSSR count). The van der Waals surface area contributed by atoms with Gasteiger partial charge in [0, 0.05) is 19.0 Å². The Morgan fingerprint density at radius 1 is 1.45 bits per heavy atom. The normalized spacial score (nSPS) is 28.5. The Morgan fingerprint density at radius 3 is 2.90 bits per heavy atom. The third-order valence-electron chi connectivity index (χ3n) is 4.26. The van der Waals surface area contributed by atoms with Gasteiger partial charge in [-0.15, -0.1) is 0 Å². The molecular weight excluding hydrogens is 264 g/mol. The molecule has 1 N–H and O–H groups in total. The van der Waals surface area contributed by atoms with E-state index < -0.39 is 4.92 Å². The summed E-state index contributed by atoms with van der Waals surface area (Å²) in [4.78, 5) is 20.4. The van der Waals surface area contributed by atoms with Crippen molar-refractivity contribution < 1.29 is 14.8 Å². The van der Waals surface area contributed by atoms with E-state index in [9.17, 15) is 15.2 Å². The molecule has 1 aliphatic carbocycles. The molecule has 0 bridgehead atoms. The molecule has 1 aromatic rings. The summed E-state index contributed by atoms with van der Waals surface area (Å²) in [6.07, 6.45) is 2.73. The highest BCUT2D eigenvalue weighted by molar-refractivity contribution is 5.63. The van der Waals surface area contributed by atoms with Crippen molar-refractivity contribution in [2.75, 3.05) is 25.1 Å². The Labute approximate surface area is 115 Å². The number of fused-ring (bicyclic) bond motifs is 1. The van der Waals surface area contributed by atoms with Crippen molar-refractivity contribution in [2.45, 2.75) is 18.9 Å². The van der Waals surface area contributed by atoms with Gasteiger partial charge in [0.1, 0.15) is 6.33 Å². The monoisotopic (exact) mass is 280 g/mol. The van der Waals surface area contributed by atoms with Crippen molar-refractivity contribution in [1.82, 2.24) is 9.97 Å². The van der Waals surface area contributed by atoms with Crippen molar-refractivity contribution in [3.8, 4) is 5.88 Å². The van der Waals surface area contributed by atoms with Gasteiger partial charge in [-0.3, -0.25) is 10.1 Å². The minimum absolute atomic E-state index is 0.0300. The van der Waals surface area contributed by atoms with Gasteiger partial charge in [-0.05, 0) is 18.8 Å². The van der Waals surface area contributed by atoms with Crippen LogP contribution in [-0.2, 0) is 0 Å². The predicted molar refractivity (Wildman–Crippen MR) is 69.7 cm³/mol. The summed E-state index contributed by atoms with van der Waals surface area (Å²) in [6, 6.07) is 0. The topological polar surface area (TPSA) is 102 Å². The summed E-state index contributed by atoms with van der Waals surface area (Å²) in [6.45, 7) is 1.27. The van der Waals surface area contributed by atoms with E-state index in [4.69, 9.17) is 4.74 Å². The predicted octanol–water partition coefficient (Wildman–Crippen LogP) is 0.601. The molecule has 2 fully saturated rings. The van der Waals surface area contributed by atoms with E-state index in [1.54, 1.807) is 0 Å². The van der Waals surface area contributed by atoms with Gasteiger partial charge in [0.05, 0.1) is 18.1 Å². The average molecular weight is 280 g/mol. The van der Waals surface area contributed by atoms with Crippen LogP contribution >= 0.6 is 0 Å². The van der Waals surface area contributed by atoms with Gasteiger partial charge in [-0.2, -0.15) is 4.98 Å². The first kappa shape index (κ1) is 13.0. The number of ether oxygens (including phenoxy) is 1. The van der Waals surface area contributed by atoms with E-state index in [-0.39, 0.29) is 29.4 Å². The summed E-state index contributed by atoms with van der Waals surface area (Å²) < 4.78 is 4.95. The van der Waals surface area contributed by atoms with Crippen LogP contribution in [0.25, 0.3) is 0 Å². The molecule has 0 radical (unpaired) electrons. The van der Waals surface area contributed by atoms with Gasteiger partial charge in [-0.25, -0.2) is 4.98 Å². The first-order chi connectivity index (χ1) is 9.61. The van der Waals surface area contributed by atoms with Crippen molar-refractivity contribution in [1.29, 1.82) is 0 Å². The van der Waals surface area contributed by atoms with Gasteiger partial charge in [0.25, 0.3) is 5.88 Å². The van der Waals surface area contributed by atoms with Crippen LogP contribution in [0, 0.1) is 22.0 Å². The molecule has 1 saturated heterocycles. The van der Waals surface area contributed by atoms with Gasteiger partial charge >= 0.3 is 5.69 Å². The van der Waals surface area contributed by atoms with Gasteiger partial charge < -0.3 is 14.7 Å². The lowest BCUT2D eigenvalue weighted by atomic mass is 10.00. The molecular formula is C12H16N4O4. The minimum Gasteiger partial charge on any atom is -0.476 e. The Hall–Kier alpha value is -1.96. The first-order valence-electron chi connectivity index (χ1n) is 6.58. The number of rotatable bonds is 3. The van der Waals surface area contributed by atoms with Crippen molar-refractivity contribution >= 4 is 11.5 Å². The van der Waals surface area contributed by atoms with E-state index in [0.717, 1.165) is 12.8 Å². The number of aliphatic hydroxyl groups excluding tert-OH is 1. The number of hydrogen-bond donors (Lipinski definition) is 1. The summed E-state index contributed by atoms with van der Waals surface area (Å²) in [5, 5.41) is 21.2. The molecule has 3 atom stereocenters. The maximum atomic E-state index is 11.2. The molecule has 8 nitrogen and oxygen atoms in total. The summed E-state index contributed by atoms with van der Waals surface area (Å²) in [7, 11) is 1.35. The van der Waals surface area contributed by atoms with E-state index in [2.05, 4.69) is 9.97 Å². The zero-order valence-electron chi connectivity index (χ0n) is 11.1. The number of aliphatic hydroxyl groups is 1. The lowest BCUT2D eigenvalue weighted by molar-refractivity contribution is -0.385. The van der Waals surface area contributed by atoms with Crippen LogP contribution < -0.4 is 9.64 Å². The molecule has 1 aliphatic heterocycles. The molecule has 0 amide bonds. The van der Waals surface area contributed by atoms with Crippen LogP contribution in [-0.4, -0.2) is 46.3 Å². The Bertz CT molecular complexity index is 538. The second-order valence-electron chi connectivity index (χ2n) is 5.29. The molecule has 0 aromatic carbocycles. The molecule has 0 spiro atoms. The largest absolute Gasteiger partial charge is 0.476 e. The summed E-state index contributed by atoms with van der Waals surface area (Å²) >= 11 is 0. The number of hydrogen-bond acceptors (Lipinski definition) is 7. The van der Waals surface area contributed by atoms with Crippen molar-refractivity contribution in [2.24, 2.45) is 11.8 Å². The van der Waals surface area contributed by atoms with Crippen molar-refractivity contribution in [3.05, 3.63) is 16.4 Å². The second-order valence-corrected chi connectivity index (χ2v) is 5.29. The lowest BCUT2D eigenvalue weighted by Gasteiger charge is -2.19. The number of aromatic nitrogens is 2. The molecule has 2 heterocycles. The first-order valence-corrected chi connectivity index (χ1v) is 6.58. The summed E-state index contributed by atoms with van der Waals surface area (Å²) in [5.74, 6) is 0.808. The number of anilines is 1. The number of nitro groups is 1. The molecule has 1 saturated carbocycles. The fraction of sp³-hybridized carbons (Fsp3) is 0.667. The van der Waals surface area contributed by atoms with Crippen LogP contribution in [0.15, 0.2) is 6.33 Å². The Morgan fingerprint density at radius 2 is 2.25 bits per heavy atom. The Kier molecular flexibility index (Phi) is 3.17. The zero-order valence-corrected chi connectivity index (χ0v) is 11.1.